The molecule has 0 heterocycles. The van der Waals surface area contributed by atoms with Gasteiger partial charge in [0.1, 0.15) is 12.4 Å². The number of benzene rings is 1. The first-order valence-electron chi connectivity index (χ1n) is 5.27. The molecule has 0 aromatic heterocycles. The van der Waals surface area contributed by atoms with Crippen molar-refractivity contribution >= 4 is 21.6 Å². The molecule has 0 bridgehead atoms. The van der Waals surface area contributed by atoms with Crippen molar-refractivity contribution in [3.63, 3.8) is 0 Å². The molecule has 0 radical (unpaired) electrons. The van der Waals surface area contributed by atoms with Gasteiger partial charge in [-0.25, -0.2) is 12.7 Å². The molecule has 0 aliphatic carbocycles. The summed E-state index contributed by atoms with van der Waals surface area (Å²) in [5, 5.41) is 0. The van der Waals surface area contributed by atoms with Crippen molar-refractivity contribution < 1.29 is 13.2 Å². The molecule has 1 aromatic carbocycles. The van der Waals surface area contributed by atoms with E-state index in [0.717, 1.165) is 0 Å². The topological polar surface area (TPSA) is 46.6 Å². The lowest BCUT2D eigenvalue weighted by Crippen LogP contribution is -2.26. The van der Waals surface area contributed by atoms with Gasteiger partial charge in [0.15, 0.2) is 0 Å². The molecule has 0 atom stereocenters. The van der Waals surface area contributed by atoms with Gasteiger partial charge >= 0.3 is 0 Å². The van der Waals surface area contributed by atoms with Crippen molar-refractivity contribution in [2.45, 2.75) is 11.8 Å². The third-order valence-electron chi connectivity index (χ3n) is 2.32. The van der Waals surface area contributed by atoms with E-state index in [-0.39, 0.29) is 4.90 Å². The average Bonchev–Trinajstić information content (AvgIpc) is 2.35. The highest BCUT2D eigenvalue weighted by molar-refractivity contribution is 7.89. The zero-order valence-electron chi connectivity index (χ0n) is 9.89. The van der Waals surface area contributed by atoms with Crippen LogP contribution in [0.1, 0.15) is 6.92 Å². The third kappa shape index (κ3) is 3.59. The van der Waals surface area contributed by atoms with Crippen molar-refractivity contribution in [3.8, 4) is 5.75 Å². The fourth-order valence-corrected chi connectivity index (χ4v) is 2.47. The van der Waals surface area contributed by atoms with Gasteiger partial charge in [0, 0.05) is 13.6 Å². The van der Waals surface area contributed by atoms with Crippen LogP contribution in [0.3, 0.4) is 0 Å². The molecule has 0 unspecified atom stereocenters. The minimum Gasteiger partial charge on any atom is -0.492 e. The van der Waals surface area contributed by atoms with Crippen LogP contribution in [0.5, 0.6) is 5.75 Å². The molecule has 0 saturated heterocycles. The Bertz CT molecular complexity index is 444. The second kappa shape index (κ2) is 6.23. The van der Waals surface area contributed by atoms with Crippen LogP contribution in [0, 0.1) is 0 Å². The molecule has 6 heteroatoms. The molecule has 0 amide bonds. The lowest BCUT2D eigenvalue weighted by Gasteiger charge is -2.15. The summed E-state index contributed by atoms with van der Waals surface area (Å²) in [5.74, 6) is 1.02. The summed E-state index contributed by atoms with van der Waals surface area (Å²) in [5.41, 5.74) is 0. The number of sulfonamides is 1. The number of rotatable bonds is 6. The van der Waals surface area contributed by atoms with E-state index in [1.165, 1.54) is 16.4 Å². The highest BCUT2D eigenvalue weighted by Gasteiger charge is 2.18. The molecule has 1 aromatic rings. The molecular formula is C11H16ClNO3S. The van der Waals surface area contributed by atoms with Crippen molar-refractivity contribution in [2.24, 2.45) is 0 Å². The molecule has 0 N–H and O–H groups in total. The molecule has 96 valence electrons. The maximum absolute atomic E-state index is 12.0. The number of halogens is 1. The Morgan fingerprint density at radius 3 is 2.35 bits per heavy atom. The van der Waals surface area contributed by atoms with E-state index in [4.69, 9.17) is 16.3 Å². The molecule has 0 aliphatic heterocycles. The van der Waals surface area contributed by atoms with E-state index in [2.05, 4.69) is 0 Å². The smallest absolute Gasteiger partial charge is 0.242 e. The van der Waals surface area contributed by atoms with Crippen LogP contribution in [0.25, 0.3) is 0 Å². The predicted octanol–water partition coefficient (Wildman–Crippen LogP) is 1.94. The molecular weight excluding hydrogens is 262 g/mol. The fourth-order valence-electron chi connectivity index (χ4n) is 1.21. The molecule has 0 fully saturated rings. The van der Waals surface area contributed by atoms with Crippen LogP contribution < -0.4 is 4.74 Å². The molecule has 0 spiro atoms. The first kappa shape index (κ1) is 14.3. The molecule has 0 aliphatic rings. The van der Waals surface area contributed by atoms with Gasteiger partial charge in [-0.15, -0.1) is 11.6 Å². The first-order valence-corrected chi connectivity index (χ1v) is 7.25. The lowest BCUT2D eigenvalue weighted by atomic mass is 10.3. The number of nitrogens with zero attached hydrogens (tertiary/aromatic N) is 1. The number of hydrogen-bond donors (Lipinski definition) is 0. The predicted molar refractivity (Wildman–Crippen MR) is 68.1 cm³/mol. The third-order valence-corrected chi connectivity index (χ3v) is 4.42. The van der Waals surface area contributed by atoms with E-state index in [9.17, 15) is 8.42 Å². The summed E-state index contributed by atoms with van der Waals surface area (Å²) in [6, 6.07) is 6.32. The van der Waals surface area contributed by atoms with Gasteiger partial charge in [0.25, 0.3) is 0 Å². The average molecular weight is 278 g/mol. The van der Waals surface area contributed by atoms with Gasteiger partial charge in [-0.05, 0) is 24.3 Å². The Hall–Kier alpha value is -0.780. The summed E-state index contributed by atoms with van der Waals surface area (Å²) in [7, 11) is -1.83. The quantitative estimate of drug-likeness (QED) is 0.747. The second-order valence-corrected chi connectivity index (χ2v) is 5.85. The van der Waals surface area contributed by atoms with Crippen molar-refractivity contribution in [2.75, 3.05) is 26.1 Å². The van der Waals surface area contributed by atoms with Crippen LogP contribution in [-0.2, 0) is 10.0 Å². The zero-order valence-corrected chi connectivity index (χ0v) is 11.5. The van der Waals surface area contributed by atoms with Crippen molar-refractivity contribution in [3.05, 3.63) is 24.3 Å². The van der Waals surface area contributed by atoms with E-state index in [0.29, 0.717) is 24.8 Å². The molecule has 0 saturated carbocycles. The Morgan fingerprint density at radius 2 is 1.88 bits per heavy atom. The summed E-state index contributed by atoms with van der Waals surface area (Å²) in [6.45, 7) is 2.63. The summed E-state index contributed by atoms with van der Waals surface area (Å²) in [6.07, 6.45) is 0. The molecule has 17 heavy (non-hydrogen) atoms. The van der Waals surface area contributed by atoms with E-state index in [1.54, 1.807) is 26.1 Å². The number of hydrogen-bond acceptors (Lipinski definition) is 3. The van der Waals surface area contributed by atoms with E-state index >= 15 is 0 Å². The van der Waals surface area contributed by atoms with Gasteiger partial charge < -0.3 is 4.74 Å². The lowest BCUT2D eigenvalue weighted by molar-refractivity contribution is 0.342. The highest BCUT2D eigenvalue weighted by Crippen LogP contribution is 2.18. The number of alkyl halides is 1. The van der Waals surface area contributed by atoms with Gasteiger partial charge in [0.05, 0.1) is 10.8 Å². The van der Waals surface area contributed by atoms with Crippen molar-refractivity contribution in [1.29, 1.82) is 0 Å². The van der Waals surface area contributed by atoms with Crippen LogP contribution >= 0.6 is 11.6 Å². The van der Waals surface area contributed by atoms with Gasteiger partial charge in [0.2, 0.25) is 10.0 Å². The summed E-state index contributed by atoms with van der Waals surface area (Å²) in [4.78, 5) is 0.264. The summed E-state index contributed by atoms with van der Waals surface area (Å²) >= 11 is 5.49. The van der Waals surface area contributed by atoms with Crippen LogP contribution in [0.4, 0.5) is 0 Å². The van der Waals surface area contributed by atoms with Gasteiger partial charge in [-0.3, -0.25) is 0 Å². The highest BCUT2D eigenvalue weighted by atomic mass is 35.5. The Labute approximate surface area is 107 Å². The molecule has 1 rings (SSSR count). The first-order chi connectivity index (χ1) is 8.02. The maximum Gasteiger partial charge on any atom is 0.242 e. The van der Waals surface area contributed by atoms with Crippen LogP contribution in [0.2, 0.25) is 0 Å². The van der Waals surface area contributed by atoms with Crippen molar-refractivity contribution in [1.82, 2.24) is 4.31 Å². The minimum absolute atomic E-state index is 0.264. The summed E-state index contributed by atoms with van der Waals surface area (Å²) < 4.78 is 30.5. The largest absolute Gasteiger partial charge is 0.492 e. The maximum atomic E-state index is 12.0. The Morgan fingerprint density at radius 1 is 1.29 bits per heavy atom. The monoisotopic (exact) mass is 277 g/mol. The zero-order chi connectivity index (χ0) is 12.9. The molecule has 4 nitrogen and oxygen atoms in total. The number of ether oxygens (including phenoxy) is 1. The van der Waals surface area contributed by atoms with Crippen LogP contribution in [0.15, 0.2) is 29.2 Å². The van der Waals surface area contributed by atoms with E-state index < -0.39 is 10.0 Å². The fraction of sp³-hybridized carbons (Fsp3) is 0.455. The van der Waals surface area contributed by atoms with Gasteiger partial charge in [-0.2, -0.15) is 0 Å². The van der Waals surface area contributed by atoms with E-state index in [1.807, 2.05) is 0 Å². The minimum atomic E-state index is -3.37. The normalized spacial score (nSPS) is 11.8. The standard InChI is InChI=1S/C11H16ClNO3S/c1-3-13(2)17(14,15)11-6-4-10(5-7-11)16-9-8-12/h4-7H,3,8-9H2,1-2H3. The SMILES string of the molecule is CCN(C)S(=O)(=O)c1ccc(OCCCl)cc1. The second-order valence-electron chi connectivity index (χ2n) is 3.43. The van der Waals surface area contributed by atoms with Crippen LogP contribution in [-0.4, -0.2) is 38.8 Å². The Balaban J connectivity index is 2.87. The Kier molecular flexibility index (Phi) is 5.24. The van der Waals surface area contributed by atoms with Gasteiger partial charge in [-0.1, -0.05) is 6.92 Å².